The summed E-state index contributed by atoms with van der Waals surface area (Å²) in [4.78, 5) is 15.2. The number of aryl methyl sites for hydroxylation is 3. The lowest BCUT2D eigenvalue weighted by atomic mass is 10.0. The molecule has 0 aliphatic heterocycles. The number of rotatable bonds is 6. The maximum absolute atomic E-state index is 12.5. The van der Waals surface area contributed by atoms with Gasteiger partial charge < -0.3 is 5.32 Å². The lowest BCUT2D eigenvalue weighted by Crippen LogP contribution is -2.35. The molecular formula is C19H25NOS. The van der Waals surface area contributed by atoms with Crippen molar-refractivity contribution in [3.63, 3.8) is 0 Å². The summed E-state index contributed by atoms with van der Waals surface area (Å²) in [5.41, 5.74) is 3.03. The average Bonchev–Trinajstić information content (AvgIpc) is 2.91. The Morgan fingerprint density at radius 1 is 1.18 bits per heavy atom. The van der Waals surface area contributed by atoms with E-state index in [2.05, 4.69) is 31.3 Å². The van der Waals surface area contributed by atoms with Crippen molar-refractivity contribution in [1.29, 1.82) is 0 Å². The molecular weight excluding hydrogens is 290 g/mol. The molecule has 1 aromatic heterocycles. The highest BCUT2D eigenvalue weighted by Gasteiger charge is 2.15. The van der Waals surface area contributed by atoms with Gasteiger partial charge in [0.05, 0.1) is 0 Å². The van der Waals surface area contributed by atoms with E-state index in [1.54, 1.807) is 0 Å². The molecule has 3 heteroatoms. The Hall–Kier alpha value is -1.61. The van der Waals surface area contributed by atoms with Gasteiger partial charge in [0.2, 0.25) is 0 Å². The number of hydrogen-bond acceptors (Lipinski definition) is 2. The van der Waals surface area contributed by atoms with E-state index in [1.165, 1.54) is 9.75 Å². The fourth-order valence-corrected chi connectivity index (χ4v) is 3.48. The number of amides is 1. The van der Waals surface area contributed by atoms with Crippen LogP contribution in [-0.4, -0.2) is 11.9 Å². The number of hydrogen-bond donors (Lipinski definition) is 1. The molecule has 0 aliphatic carbocycles. The minimum atomic E-state index is 0.0513. The minimum Gasteiger partial charge on any atom is -0.349 e. The van der Waals surface area contributed by atoms with Crippen molar-refractivity contribution in [2.75, 3.05) is 0 Å². The van der Waals surface area contributed by atoms with Crippen molar-refractivity contribution >= 4 is 17.2 Å². The van der Waals surface area contributed by atoms with Crippen LogP contribution in [0.4, 0.5) is 0 Å². The molecule has 0 fully saturated rings. The Labute approximate surface area is 137 Å². The molecule has 2 nitrogen and oxygen atoms in total. The van der Waals surface area contributed by atoms with Gasteiger partial charge in [-0.2, -0.15) is 0 Å². The first-order chi connectivity index (χ1) is 10.5. The fraction of sp³-hybridized carbons (Fsp3) is 0.421. The van der Waals surface area contributed by atoms with Crippen LogP contribution in [0.2, 0.25) is 0 Å². The second kappa shape index (κ2) is 7.59. The molecule has 0 saturated carbocycles. The van der Waals surface area contributed by atoms with Crippen LogP contribution in [0.5, 0.6) is 0 Å². The second-order valence-electron chi connectivity index (χ2n) is 5.88. The van der Waals surface area contributed by atoms with Crippen molar-refractivity contribution in [1.82, 2.24) is 5.32 Å². The predicted octanol–water partition coefficient (Wildman–Crippen LogP) is 4.81. The van der Waals surface area contributed by atoms with Crippen molar-refractivity contribution in [3.8, 4) is 0 Å². The third-order valence-electron chi connectivity index (χ3n) is 4.21. The zero-order valence-electron chi connectivity index (χ0n) is 13.9. The van der Waals surface area contributed by atoms with E-state index in [4.69, 9.17) is 0 Å². The summed E-state index contributed by atoms with van der Waals surface area (Å²) in [7, 11) is 0. The first-order valence-corrected chi connectivity index (χ1v) is 8.75. The summed E-state index contributed by atoms with van der Waals surface area (Å²) in [6.07, 6.45) is 2.98. The summed E-state index contributed by atoms with van der Waals surface area (Å²) in [6, 6.07) is 10.5. The number of carbonyl (C=O) groups is 1. The van der Waals surface area contributed by atoms with Gasteiger partial charge in [0.15, 0.2) is 0 Å². The van der Waals surface area contributed by atoms with E-state index in [0.717, 1.165) is 36.0 Å². The van der Waals surface area contributed by atoms with Gasteiger partial charge in [0.1, 0.15) is 0 Å². The van der Waals surface area contributed by atoms with E-state index >= 15 is 0 Å². The second-order valence-corrected chi connectivity index (χ2v) is 7.25. The molecule has 0 radical (unpaired) electrons. The topological polar surface area (TPSA) is 29.1 Å². The van der Waals surface area contributed by atoms with Crippen LogP contribution in [-0.2, 0) is 6.42 Å². The van der Waals surface area contributed by atoms with Crippen LogP contribution in [0.1, 0.15) is 51.0 Å². The van der Waals surface area contributed by atoms with Crippen LogP contribution >= 0.6 is 11.3 Å². The van der Waals surface area contributed by atoms with Crippen LogP contribution < -0.4 is 5.32 Å². The Balaban J connectivity index is 1.97. The standard InChI is InChI=1S/C19H25NOS/c1-5-16(10-12-17-11-9-14(3)22-17)20-19(21)18-8-6-7-13(2)15(18)4/h6-9,11,16H,5,10,12H2,1-4H3,(H,20,21). The number of carbonyl (C=O) groups excluding carboxylic acids is 1. The summed E-state index contributed by atoms with van der Waals surface area (Å²) in [5, 5.41) is 3.19. The van der Waals surface area contributed by atoms with E-state index in [1.807, 2.05) is 43.4 Å². The largest absolute Gasteiger partial charge is 0.349 e. The lowest BCUT2D eigenvalue weighted by molar-refractivity contribution is 0.0933. The monoisotopic (exact) mass is 315 g/mol. The summed E-state index contributed by atoms with van der Waals surface area (Å²) < 4.78 is 0. The number of nitrogens with one attached hydrogen (secondary N) is 1. The van der Waals surface area contributed by atoms with Gasteiger partial charge in [-0.1, -0.05) is 19.1 Å². The first kappa shape index (κ1) is 16.8. The van der Waals surface area contributed by atoms with E-state index in [-0.39, 0.29) is 11.9 Å². The first-order valence-electron chi connectivity index (χ1n) is 7.93. The van der Waals surface area contributed by atoms with Gasteiger partial charge in [-0.05, 0) is 69.4 Å². The Kier molecular flexibility index (Phi) is 5.78. The van der Waals surface area contributed by atoms with Crippen molar-refractivity contribution < 1.29 is 4.79 Å². The molecule has 0 aliphatic rings. The highest BCUT2D eigenvalue weighted by atomic mass is 32.1. The molecule has 0 bridgehead atoms. The quantitative estimate of drug-likeness (QED) is 0.814. The lowest BCUT2D eigenvalue weighted by Gasteiger charge is -2.18. The molecule has 1 amide bonds. The third kappa shape index (κ3) is 4.20. The van der Waals surface area contributed by atoms with Gasteiger partial charge in [-0.3, -0.25) is 4.79 Å². The molecule has 22 heavy (non-hydrogen) atoms. The van der Waals surface area contributed by atoms with Gasteiger partial charge >= 0.3 is 0 Å². The normalized spacial score (nSPS) is 12.2. The van der Waals surface area contributed by atoms with E-state index < -0.39 is 0 Å². The third-order valence-corrected chi connectivity index (χ3v) is 5.27. The Bertz CT molecular complexity index is 645. The molecule has 1 N–H and O–H groups in total. The fourth-order valence-electron chi connectivity index (χ4n) is 2.57. The molecule has 1 heterocycles. The molecule has 1 atom stereocenters. The molecule has 2 rings (SSSR count). The van der Waals surface area contributed by atoms with Crippen LogP contribution in [0.15, 0.2) is 30.3 Å². The van der Waals surface area contributed by atoms with Gasteiger partial charge in [0, 0.05) is 21.4 Å². The maximum atomic E-state index is 12.5. The maximum Gasteiger partial charge on any atom is 0.251 e. The molecule has 0 saturated heterocycles. The van der Waals surface area contributed by atoms with Gasteiger partial charge in [-0.25, -0.2) is 0 Å². The zero-order chi connectivity index (χ0) is 16.1. The van der Waals surface area contributed by atoms with E-state index in [0.29, 0.717) is 0 Å². The number of benzene rings is 1. The summed E-state index contributed by atoms with van der Waals surface area (Å²) in [6.45, 7) is 8.32. The highest BCUT2D eigenvalue weighted by molar-refractivity contribution is 7.11. The Morgan fingerprint density at radius 2 is 1.95 bits per heavy atom. The highest BCUT2D eigenvalue weighted by Crippen LogP contribution is 2.18. The predicted molar refractivity (Wildman–Crippen MR) is 94.8 cm³/mol. The number of thiophene rings is 1. The van der Waals surface area contributed by atoms with Crippen LogP contribution in [0.25, 0.3) is 0 Å². The van der Waals surface area contributed by atoms with Crippen LogP contribution in [0, 0.1) is 20.8 Å². The minimum absolute atomic E-state index is 0.0513. The van der Waals surface area contributed by atoms with Gasteiger partial charge in [-0.15, -0.1) is 11.3 Å². The molecule has 2 aromatic rings. The van der Waals surface area contributed by atoms with Crippen LogP contribution in [0.3, 0.4) is 0 Å². The molecule has 118 valence electrons. The van der Waals surface area contributed by atoms with Crippen molar-refractivity contribution in [2.45, 2.75) is 53.0 Å². The van der Waals surface area contributed by atoms with E-state index in [9.17, 15) is 4.79 Å². The van der Waals surface area contributed by atoms with Gasteiger partial charge in [0.25, 0.3) is 5.91 Å². The summed E-state index contributed by atoms with van der Waals surface area (Å²) in [5.74, 6) is 0.0513. The smallest absolute Gasteiger partial charge is 0.251 e. The summed E-state index contributed by atoms with van der Waals surface area (Å²) >= 11 is 1.85. The van der Waals surface area contributed by atoms with Crippen molar-refractivity contribution in [2.24, 2.45) is 0 Å². The zero-order valence-corrected chi connectivity index (χ0v) is 14.7. The average molecular weight is 315 g/mol. The SMILES string of the molecule is CCC(CCc1ccc(C)s1)NC(=O)c1cccc(C)c1C. The van der Waals surface area contributed by atoms with Crippen molar-refractivity contribution in [3.05, 3.63) is 56.8 Å². The Morgan fingerprint density at radius 3 is 2.59 bits per heavy atom. The molecule has 1 aromatic carbocycles. The molecule has 0 spiro atoms. The molecule has 1 unspecified atom stereocenters.